The van der Waals surface area contributed by atoms with Crippen LogP contribution in [0.4, 0.5) is 13.2 Å². The molecule has 0 aromatic rings. The fourth-order valence-corrected chi connectivity index (χ4v) is 9.14. The molecule has 228 valence electrons. The van der Waals surface area contributed by atoms with Crippen LogP contribution in [0, 0.1) is 23.7 Å². The normalized spacial score (nSPS) is 44.3. The molecule has 5 aliphatic rings. The smallest absolute Gasteiger partial charge is 0.380 e. The molecule has 0 radical (unpaired) electrons. The van der Waals surface area contributed by atoms with Gasteiger partial charge in [-0.15, -0.1) is 35.0 Å². The van der Waals surface area contributed by atoms with Crippen molar-refractivity contribution in [3.8, 4) is 0 Å². The summed E-state index contributed by atoms with van der Waals surface area (Å²) in [5, 5.41) is 15.2. The topological polar surface area (TPSA) is 107 Å². The van der Waals surface area contributed by atoms with Crippen molar-refractivity contribution in [3.63, 3.8) is 0 Å². The molecule has 12 atom stereocenters. The molecule has 5 heterocycles. The molecule has 5 N–H and O–H groups in total. The maximum absolute atomic E-state index is 13.6. The van der Waals surface area contributed by atoms with Crippen LogP contribution >= 0.6 is 35.0 Å². The van der Waals surface area contributed by atoms with Crippen molar-refractivity contribution in [2.45, 2.75) is 78.2 Å². The van der Waals surface area contributed by atoms with Gasteiger partial charge in [0.1, 0.15) is 11.5 Å². The van der Waals surface area contributed by atoms with Gasteiger partial charge in [0.05, 0.1) is 28.8 Å². The van der Waals surface area contributed by atoms with E-state index in [1.807, 2.05) is 0 Å². The molecular weight excluding hydrogens is 592 g/mol. The van der Waals surface area contributed by atoms with E-state index in [9.17, 15) is 22.8 Å². The van der Waals surface area contributed by atoms with Gasteiger partial charge in [0, 0.05) is 57.2 Å². The molecule has 0 aromatic heterocycles. The van der Waals surface area contributed by atoms with Crippen LogP contribution in [0.25, 0.3) is 0 Å². The molecule has 5 saturated heterocycles. The number of carbonyl (C=O) groups is 2. The highest BCUT2D eigenvalue weighted by Gasteiger charge is 2.50. The first kappa shape index (κ1) is 30.9. The number of nitrogens with zero attached hydrogens (tertiary/aromatic N) is 1. The summed E-state index contributed by atoms with van der Waals surface area (Å²) in [6, 6.07) is -0.571. The van der Waals surface area contributed by atoms with E-state index < -0.39 is 23.5 Å². The van der Waals surface area contributed by atoms with Gasteiger partial charge in [0.2, 0.25) is 11.8 Å². The Hall–Kier alpha value is -0.540. The molecule has 5 fully saturated rings. The van der Waals surface area contributed by atoms with E-state index in [0.29, 0.717) is 32.2 Å². The second-order valence-corrected chi connectivity index (χ2v) is 14.3. The largest absolute Gasteiger partial charge is 0.393 e. The first-order valence-corrected chi connectivity index (χ1v) is 15.8. The Kier molecular flexibility index (Phi) is 9.73. The Bertz CT molecular complexity index is 927. The second kappa shape index (κ2) is 12.6. The monoisotopic (exact) mass is 630 g/mol. The number of hydrogen-bond donors (Lipinski definition) is 5. The van der Waals surface area contributed by atoms with Crippen molar-refractivity contribution in [1.29, 1.82) is 0 Å². The van der Waals surface area contributed by atoms with Crippen molar-refractivity contribution in [2.24, 2.45) is 23.7 Å². The molecule has 0 aromatic carbocycles. The predicted molar refractivity (Wildman–Crippen MR) is 148 cm³/mol. The van der Waals surface area contributed by atoms with E-state index in [1.54, 1.807) is 23.8 Å². The summed E-state index contributed by atoms with van der Waals surface area (Å²) in [5.74, 6) is -1.75. The summed E-state index contributed by atoms with van der Waals surface area (Å²) >= 11 is 14.2. The average Bonchev–Trinajstić information content (AvgIpc) is 3.46. The lowest BCUT2D eigenvalue weighted by molar-refractivity contribution is -0.180. The maximum atomic E-state index is 13.6. The number of nitrogens with one attached hydrogen (secondary N) is 5. The van der Waals surface area contributed by atoms with Gasteiger partial charge in [-0.25, -0.2) is 0 Å². The number of piperidine rings is 3. The summed E-state index contributed by atoms with van der Waals surface area (Å²) in [5.41, 5.74) is -0.431. The number of hydrogen-bond acceptors (Lipinski definition) is 8. The van der Waals surface area contributed by atoms with Gasteiger partial charge >= 0.3 is 6.18 Å². The number of amides is 2. The molecule has 0 saturated carbocycles. The van der Waals surface area contributed by atoms with Crippen LogP contribution in [0.2, 0.25) is 0 Å². The van der Waals surface area contributed by atoms with Gasteiger partial charge in [-0.2, -0.15) is 13.2 Å². The maximum Gasteiger partial charge on any atom is 0.393 e. The lowest BCUT2D eigenvalue weighted by Gasteiger charge is -2.45. The van der Waals surface area contributed by atoms with Crippen molar-refractivity contribution < 1.29 is 27.5 Å². The highest BCUT2D eigenvalue weighted by molar-refractivity contribution is 8.00. The summed E-state index contributed by atoms with van der Waals surface area (Å²) in [6.07, 6.45) is -3.02. The molecule has 0 bridgehead atoms. The van der Waals surface area contributed by atoms with Crippen LogP contribution in [0.3, 0.4) is 0 Å². The number of likely N-dealkylation sites (tertiary alicyclic amines) is 1. The van der Waals surface area contributed by atoms with Crippen LogP contribution in [-0.2, 0) is 14.3 Å². The molecule has 12 unspecified atom stereocenters. The molecule has 2 amide bonds. The third-order valence-corrected chi connectivity index (χ3v) is 11.3. The number of carbonyl (C=O) groups excluding carboxylic acids is 2. The molecule has 0 aliphatic carbocycles. The summed E-state index contributed by atoms with van der Waals surface area (Å²) < 4.78 is 45.0. The van der Waals surface area contributed by atoms with E-state index in [2.05, 4.69) is 33.5 Å². The number of alkyl halides is 5. The lowest BCUT2D eigenvalue weighted by Crippen LogP contribution is -2.58. The minimum Gasteiger partial charge on any atom is -0.380 e. The Morgan fingerprint density at radius 3 is 2.48 bits per heavy atom. The Balaban J connectivity index is 1.14. The van der Waals surface area contributed by atoms with Crippen molar-refractivity contribution in [1.82, 2.24) is 31.5 Å². The van der Waals surface area contributed by atoms with E-state index in [4.69, 9.17) is 27.9 Å². The van der Waals surface area contributed by atoms with Crippen LogP contribution < -0.4 is 26.6 Å². The van der Waals surface area contributed by atoms with Gasteiger partial charge in [-0.05, 0) is 38.0 Å². The minimum absolute atomic E-state index is 0.00644. The highest BCUT2D eigenvalue weighted by Crippen LogP contribution is 2.39. The number of ether oxygens (including phenoxy) is 1. The lowest BCUT2D eigenvalue weighted by atomic mass is 9.70. The molecule has 0 spiro atoms. The number of fused-ring (bicyclic) bond motifs is 1. The fourth-order valence-electron chi connectivity index (χ4n) is 7.02. The third kappa shape index (κ3) is 6.66. The number of rotatable bonds is 5. The zero-order valence-electron chi connectivity index (χ0n) is 22.6. The van der Waals surface area contributed by atoms with Crippen LogP contribution in [0.5, 0.6) is 0 Å². The standard InChI is InChI=1S/C25H39Cl2F3N6O3S/c1-11-3-13(14-5-20(27)32-8-18(14)39-2)15(7-31-11)22(37)35-24-34-17-9-36(10-19(17)40-24)23(38)21-16(26)4-12(6-33-21)25(28,29)30/h11-21,24,31-34H,3-10H2,1-2H3,(H,35,37). The second-order valence-electron chi connectivity index (χ2n) is 11.8. The molecule has 5 rings (SSSR count). The Morgan fingerprint density at radius 1 is 1.02 bits per heavy atom. The first-order valence-electron chi connectivity index (χ1n) is 14.0. The number of methoxy groups -OCH3 is 1. The van der Waals surface area contributed by atoms with E-state index in [1.165, 1.54) is 0 Å². The molecule has 9 nitrogen and oxygen atoms in total. The van der Waals surface area contributed by atoms with Crippen LogP contribution in [-0.4, -0.2) is 109 Å². The zero-order chi connectivity index (χ0) is 28.8. The quantitative estimate of drug-likeness (QED) is 0.228. The van der Waals surface area contributed by atoms with E-state index in [0.717, 1.165) is 12.8 Å². The van der Waals surface area contributed by atoms with Gasteiger partial charge in [0.25, 0.3) is 0 Å². The van der Waals surface area contributed by atoms with E-state index >= 15 is 0 Å². The average molecular weight is 632 g/mol. The number of halogens is 5. The first-order chi connectivity index (χ1) is 18.9. The molecular formula is C25H39Cl2F3N6O3S. The van der Waals surface area contributed by atoms with Gasteiger partial charge in [-0.1, -0.05) is 0 Å². The predicted octanol–water partition coefficient (Wildman–Crippen LogP) is 1.25. The minimum atomic E-state index is -4.34. The zero-order valence-corrected chi connectivity index (χ0v) is 24.9. The molecule has 5 aliphatic heterocycles. The van der Waals surface area contributed by atoms with E-state index in [-0.39, 0.29) is 70.9 Å². The summed E-state index contributed by atoms with van der Waals surface area (Å²) in [6.45, 7) is 3.93. The van der Waals surface area contributed by atoms with Crippen LogP contribution in [0.15, 0.2) is 0 Å². The van der Waals surface area contributed by atoms with Gasteiger partial charge < -0.3 is 25.6 Å². The van der Waals surface area contributed by atoms with Crippen molar-refractivity contribution >= 4 is 46.8 Å². The van der Waals surface area contributed by atoms with Gasteiger partial charge in [0.15, 0.2) is 0 Å². The van der Waals surface area contributed by atoms with Gasteiger partial charge in [-0.3, -0.25) is 20.2 Å². The van der Waals surface area contributed by atoms with Crippen molar-refractivity contribution in [3.05, 3.63) is 0 Å². The SMILES string of the molecule is COC1CNC(Cl)CC1C1CC(C)NCC1C(=O)NC1NC2CN(C(=O)C3NCC(C(F)(F)F)CC3Cl)CC2S1. The molecule has 40 heavy (non-hydrogen) atoms. The Labute approximate surface area is 247 Å². The van der Waals surface area contributed by atoms with Crippen LogP contribution in [0.1, 0.15) is 26.2 Å². The van der Waals surface area contributed by atoms with Crippen molar-refractivity contribution in [2.75, 3.05) is 39.8 Å². The highest BCUT2D eigenvalue weighted by atomic mass is 35.5. The Morgan fingerprint density at radius 2 is 1.80 bits per heavy atom. The summed E-state index contributed by atoms with van der Waals surface area (Å²) in [7, 11) is 1.70. The fraction of sp³-hybridized carbons (Fsp3) is 0.920. The third-order valence-electron chi connectivity index (χ3n) is 9.23. The summed E-state index contributed by atoms with van der Waals surface area (Å²) in [4.78, 5) is 28.3. The number of thioether (sulfide) groups is 1. The molecule has 15 heteroatoms.